The summed E-state index contributed by atoms with van der Waals surface area (Å²) in [4.78, 5) is 10.3. The van der Waals surface area contributed by atoms with Gasteiger partial charge < -0.3 is 4.74 Å². The van der Waals surface area contributed by atoms with Crippen LogP contribution in [-0.4, -0.2) is 18.8 Å². The van der Waals surface area contributed by atoms with E-state index in [1.165, 1.54) is 87.2 Å². The molecule has 0 radical (unpaired) electrons. The maximum absolute atomic E-state index is 6.65. The third-order valence-electron chi connectivity index (χ3n) is 13.0. The summed E-state index contributed by atoms with van der Waals surface area (Å²) in [5, 5.41) is 5.99. The van der Waals surface area contributed by atoms with Gasteiger partial charge in [-0.3, -0.25) is 8.80 Å². The smallest absolute Gasteiger partial charge is 0.221 e. The Morgan fingerprint density at radius 3 is 2.41 bits per heavy atom. The Morgan fingerprint density at radius 2 is 1.53 bits per heavy atom. The monoisotopic (exact) mass is 638 g/mol. The summed E-state index contributed by atoms with van der Waals surface area (Å²) in [6.07, 6.45) is 13.3. The number of pyridine rings is 3. The lowest BCUT2D eigenvalue weighted by Crippen LogP contribution is -2.44. The molecule has 3 aromatic carbocycles. The molecule has 0 bridgehead atoms. The molecule has 1 aliphatic heterocycles. The molecule has 5 nitrogen and oxygen atoms in total. The van der Waals surface area contributed by atoms with E-state index < -0.39 is 0 Å². The Kier molecular flexibility index (Phi) is 5.15. The van der Waals surface area contributed by atoms with Gasteiger partial charge in [0.1, 0.15) is 17.0 Å². The lowest BCUT2D eigenvalue weighted by molar-refractivity contribution is 0.288. The molecule has 0 atom stereocenters. The third kappa shape index (κ3) is 3.36. The van der Waals surface area contributed by atoms with E-state index in [1.807, 2.05) is 6.07 Å². The standard InChI is InChI=1S/C44H38N4O/c1-42(2)33-13-10-12-30-29-17-16-28(24-32(29)41-45-25-35(43(42,3)4)48(41)39(30)33)49-36-18-15-27-23-26-19-22-44(20-8-5-9-21-44)37-31-11-6-7-14-34(31)47(38(26)37)40(27)46-36/h6-7,10-19,22-25H,5,8-9,20-21H2,1-4H3. The van der Waals surface area contributed by atoms with Gasteiger partial charge in [-0.25, -0.2) is 4.98 Å². The Bertz CT molecular complexity index is 2790. The van der Waals surface area contributed by atoms with Crippen LogP contribution in [0.4, 0.5) is 0 Å². The van der Waals surface area contributed by atoms with Gasteiger partial charge >= 0.3 is 0 Å². The van der Waals surface area contributed by atoms with Crippen LogP contribution in [0, 0.1) is 0 Å². The number of hydrogen-bond acceptors (Lipinski definition) is 3. The van der Waals surface area contributed by atoms with Gasteiger partial charge in [-0.15, -0.1) is 0 Å². The second-order valence-corrected chi connectivity index (χ2v) is 15.9. The molecule has 49 heavy (non-hydrogen) atoms. The van der Waals surface area contributed by atoms with Crippen LogP contribution in [0.15, 0.2) is 91.1 Å². The van der Waals surface area contributed by atoms with Crippen LogP contribution >= 0.6 is 0 Å². The van der Waals surface area contributed by atoms with Gasteiger partial charge in [0.25, 0.3) is 0 Å². The van der Waals surface area contributed by atoms with Gasteiger partial charge in [0, 0.05) is 55.7 Å². The van der Waals surface area contributed by atoms with E-state index in [-0.39, 0.29) is 16.2 Å². The van der Waals surface area contributed by atoms with Gasteiger partial charge in [0.05, 0.1) is 16.6 Å². The van der Waals surface area contributed by atoms with Gasteiger partial charge in [-0.2, -0.15) is 4.98 Å². The largest absolute Gasteiger partial charge is 0.439 e. The lowest BCUT2D eigenvalue weighted by atomic mass is 9.61. The minimum Gasteiger partial charge on any atom is -0.439 e. The minimum absolute atomic E-state index is 0.0438. The Morgan fingerprint density at radius 1 is 0.694 bits per heavy atom. The second-order valence-electron chi connectivity index (χ2n) is 15.9. The summed E-state index contributed by atoms with van der Waals surface area (Å²) < 4.78 is 11.5. The Labute approximate surface area is 284 Å². The fourth-order valence-corrected chi connectivity index (χ4v) is 9.82. The Balaban J connectivity index is 1.10. The maximum atomic E-state index is 6.65. The topological polar surface area (TPSA) is 43.8 Å². The fourth-order valence-electron chi connectivity index (χ4n) is 9.82. The average molecular weight is 639 g/mol. The number of allylic oxidation sites excluding steroid dienone is 1. The molecule has 1 fully saturated rings. The molecule has 1 spiro atoms. The van der Waals surface area contributed by atoms with Crippen molar-refractivity contribution in [3.8, 4) is 11.6 Å². The number of benzene rings is 3. The number of nitrogens with zero attached hydrogens (tertiary/aromatic N) is 4. The van der Waals surface area contributed by atoms with E-state index in [9.17, 15) is 0 Å². The van der Waals surface area contributed by atoms with Gasteiger partial charge in [0.15, 0.2) is 0 Å². The number of hydrogen-bond donors (Lipinski definition) is 0. The van der Waals surface area contributed by atoms with E-state index >= 15 is 0 Å². The van der Waals surface area contributed by atoms with Crippen LogP contribution < -0.4 is 4.74 Å². The van der Waals surface area contributed by atoms with Crippen molar-refractivity contribution < 1.29 is 4.74 Å². The molecule has 2 aliphatic carbocycles. The highest BCUT2D eigenvalue weighted by Gasteiger charge is 2.46. The van der Waals surface area contributed by atoms with Crippen LogP contribution in [0.5, 0.6) is 11.6 Å². The maximum Gasteiger partial charge on any atom is 0.221 e. The van der Waals surface area contributed by atoms with Crippen molar-refractivity contribution in [2.45, 2.75) is 76.0 Å². The van der Waals surface area contributed by atoms with E-state index in [1.54, 1.807) is 0 Å². The number of imidazole rings is 1. The number of ether oxygens (including phenoxy) is 1. The summed E-state index contributed by atoms with van der Waals surface area (Å²) in [5.41, 5.74) is 11.1. The zero-order chi connectivity index (χ0) is 32.9. The molecule has 5 aromatic heterocycles. The van der Waals surface area contributed by atoms with E-state index in [2.05, 4.69) is 128 Å². The highest BCUT2D eigenvalue weighted by atomic mass is 16.5. The first kappa shape index (κ1) is 27.8. The van der Waals surface area contributed by atoms with Gasteiger partial charge in [0.2, 0.25) is 5.88 Å². The van der Waals surface area contributed by atoms with Crippen molar-refractivity contribution >= 4 is 60.9 Å². The molecule has 0 N–H and O–H groups in total. The molecular formula is C44H38N4O. The van der Waals surface area contributed by atoms with Crippen molar-refractivity contribution in [2.24, 2.45) is 0 Å². The number of para-hydroxylation sites is 2. The summed E-state index contributed by atoms with van der Waals surface area (Å²) in [6.45, 7) is 9.42. The first-order valence-corrected chi connectivity index (χ1v) is 17.9. The predicted octanol–water partition coefficient (Wildman–Crippen LogP) is 11.2. The number of fused-ring (bicyclic) bond motifs is 9. The SMILES string of the molecule is CC1(C)c2cccc3c4ccc(Oc5ccc6cc7c8c(c9ccccc9n8c6n5)C5(C=C7)CCCCC5)cc4c4ncc(n4c23)C1(C)C. The van der Waals surface area contributed by atoms with Crippen LogP contribution in [0.25, 0.3) is 60.9 Å². The second kappa shape index (κ2) is 9.09. The van der Waals surface area contributed by atoms with Crippen molar-refractivity contribution in [1.29, 1.82) is 0 Å². The molecule has 0 amide bonds. The van der Waals surface area contributed by atoms with E-state index in [4.69, 9.17) is 14.7 Å². The molecule has 5 heteroatoms. The predicted molar refractivity (Wildman–Crippen MR) is 200 cm³/mol. The van der Waals surface area contributed by atoms with Gasteiger partial charge in [-0.1, -0.05) is 95.5 Å². The van der Waals surface area contributed by atoms with Crippen LogP contribution in [0.2, 0.25) is 0 Å². The zero-order valence-corrected chi connectivity index (χ0v) is 28.5. The van der Waals surface area contributed by atoms with Gasteiger partial charge in [-0.05, 0) is 71.3 Å². The summed E-state index contributed by atoms with van der Waals surface area (Å²) in [7, 11) is 0. The zero-order valence-electron chi connectivity index (χ0n) is 28.5. The average Bonchev–Trinajstić information content (AvgIpc) is 3.73. The van der Waals surface area contributed by atoms with Crippen molar-refractivity contribution in [3.63, 3.8) is 0 Å². The highest BCUT2D eigenvalue weighted by Crippen LogP contribution is 2.52. The molecule has 0 unspecified atom stereocenters. The first-order valence-electron chi connectivity index (χ1n) is 17.9. The number of aromatic nitrogens is 4. The summed E-state index contributed by atoms with van der Waals surface area (Å²) >= 11 is 0. The lowest BCUT2D eigenvalue weighted by Gasteiger charge is -2.45. The quantitative estimate of drug-likeness (QED) is 0.177. The summed E-state index contributed by atoms with van der Waals surface area (Å²) in [5.74, 6) is 1.35. The van der Waals surface area contributed by atoms with Crippen molar-refractivity contribution in [1.82, 2.24) is 18.8 Å². The van der Waals surface area contributed by atoms with Crippen LogP contribution in [0.3, 0.4) is 0 Å². The Hall–Kier alpha value is -5.16. The first-order chi connectivity index (χ1) is 23.8. The molecular weight excluding hydrogens is 601 g/mol. The number of rotatable bonds is 2. The van der Waals surface area contributed by atoms with E-state index in [0.717, 1.165) is 27.8 Å². The van der Waals surface area contributed by atoms with Crippen molar-refractivity contribution in [3.05, 3.63) is 114 Å². The fraction of sp³-hybridized carbons (Fsp3) is 0.273. The molecule has 1 saturated carbocycles. The molecule has 0 saturated heterocycles. The molecule has 240 valence electrons. The van der Waals surface area contributed by atoms with Crippen molar-refractivity contribution in [2.75, 3.05) is 0 Å². The molecule has 3 aliphatic rings. The normalized spacial score (nSPS) is 18.6. The van der Waals surface area contributed by atoms with E-state index in [0.29, 0.717) is 5.88 Å². The summed E-state index contributed by atoms with van der Waals surface area (Å²) in [6, 6.07) is 28.6. The van der Waals surface area contributed by atoms with Crippen LogP contribution in [-0.2, 0) is 16.2 Å². The third-order valence-corrected chi connectivity index (χ3v) is 13.0. The molecule has 11 rings (SSSR count). The molecule has 6 heterocycles. The highest BCUT2D eigenvalue weighted by molar-refractivity contribution is 6.13. The minimum atomic E-state index is -0.0922. The van der Waals surface area contributed by atoms with Crippen LogP contribution in [0.1, 0.15) is 82.2 Å². The molecule has 8 aromatic rings.